The Labute approximate surface area is 112 Å². The van der Waals surface area contributed by atoms with E-state index in [1.165, 1.54) is 0 Å². The molecule has 0 spiro atoms. The first-order valence-corrected chi connectivity index (χ1v) is 6.19. The lowest BCUT2D eigenvalue weighted by molar-refractivity contribution is 0.402. The van der Waals surface area contributed by atoms with Crippen molar-refractivity contribution in [3.8, 4) is 11.8 Å². The number of para-hydroxylation sites is 1. The highest BCUT2D eigenvalue weighted by molar-refractivity contribution is 14.1. The van der Waals surface area contributed by atoms with Crippen molar-refractivity contribution in [3.05, 3.63) is 33.1 Å². The van der Waals surface area contributed by atoms with Crippen LogP contribution in [0.5, 0.6) is 11.8 Å². The van der Waals surface area contributed by atoms with Crippen LogP contribution in [0.4, 0.5) is 0 Å². The molecule has 0 bridgehead atoms. The molecule has 0 aliphatic carbocycles. The van der Waals surface area contributed by atoms with Crippen molar-refractivity contribution in [1.82, 2.24) is 14.8 Å². The van der Waals surface area contributed by atoms with E-state index in [0.29, 0.717) is 27.2 Å². The molecule has 0 saturated carbocycles. The Morgan fingerprint density at radius 1 is 1.44 bits per heavy atom. The summed E-state index contributed by atoms with van der Waals surface area (Å²) in [7, 11) is 0. The molecular weight excluding hydrogens is 340 g/mol. The van der Waals surface area contributed by atoms with Crippen molar-refractivity contribution in [2.45, 2.75) is 13.5 Å². The van der Waals surface area contributed by atoms with Crippen LogP contribution in [0.1, 0.15) is 6.92 Å². The number of aromatic nitrogens is 3. The average molecular weight is 350 g/mol. The highest BCUT2D eigenvalue weighted by atomic mass is 127. The van der Waals surface area contributed by atoms with E-state index in [2.05, 4.69) is 10.1 Å². The van der Waals surface area contributed by atoms with Gasteiger partial charge in [0.25, 0.3) is 0 Å². The topological polar surface area (TPSA) is 39.9 Å². The molecule has 6 heteroatoms. The lowest BCUT2D eigenvalue weighted by Crippen LogP contribution is -2.00. The summed E-state index contributed by atoms with van der Waals surface area (Å²) in [4.78, 5) is 4.18. The zero-order chi connectivity index (χ0) is 11.5. The first kappa shape index (κ1) is 11.7. The van der Waals surface area contributed by atoms with Gasteiger partial charge in [0.2, 0.25) is 3.83 Å². The quantitative estimate of drug-likeness (QED) is 0.798. The molecule has 84 valence electrons. The van der Waals surface area contributed by atoms with Gasteiger partial charge in [0.05, 0.1) is 5.02 Å². The van der Waals surface area contributed by atoms with Gasteiger partial charge in [0, 0.05) is 29.1 Å². The van der Waals surface area contributed by atoms with Crippen molar-refractivity contribution in [2.75, 3.05) is 0 Å². The second-order valence-corrected chi connectivity index (χ2v) is 4.38. The third-order valence-electron chi connectivity index (χ3n) is 1.95. The molecule has 16 heavy (non-hydrogen) atoms. The zero-order valence-corrected chi connectivity index (χ0v) is 11.4. The third kappa shape index (κ3) is 2.46. The summed E-state index contributed by atoms with van der Waals surface area (Å²) in [5.74, 6) is 0.586. The average Bonchev–Trinajstić information content (AvgIpc) is 2.62. The standard InChI is InChI=1S/C10H9ClIN3O/c1-2-15-10(13-9(12)14-15)16-8-6-4-3-5-7(8)11/h3-6H,2H2,1H3. The Hall–Kier alpha value is -0.820. The van der Waals surface area contributed by atoms with Gasteiger partial charge in [-0.3, -0.25) is 0 Å². The lowest BCUT2D eigenvalue weighted by Gasteiger charge is -2.06. The molecule has 0 aliphatic rings. The molecule has 0 radical (unpaired) electrons. The van der Waals surface area contributed by atoms with E-state index in [0.717, 1.165) is 0 Å². The Balaban J connectivity index is 2.30. The number of hydrogen-bond acceptors (Lipinski definition) is 3. The summed E-state index contributed by atoms with van der Waals surface area (Å²) in [6, 6.07) is 7.74. The summed E-state index contributed by atoms with van der Waals surface area (Å²) in [5.41, 5.74) is 0. The number of ether oxygens (including phenoxy) is 1. The van der Waals surface area contributed by atoms with Gasteiger partial charge in [-0.25, -0.2) is 4.68 Å². The molecule has 4 nitrogen and oxygen atoms in total. The van der Waals surface area contributed by atoms with Crippen molar-refractivity contribution < 1.29 is 4.74 Å². The Bertz CT molecular complexity index is 501. The van der Waals surface area contributed by atoms with Crippen LogP contribution >= 0.6 is 34.2 Å². The minimum atomic E-state index is 0.458. The zero-order valence-electron chi connectivity index (χ0n) is 8.52. The van der Waals surface area contributed by atoms with Crippen LogP contribution in [0.15, 0.2) is 24.3 Å². The molecule has 1 aromatic heterocycles. The van der Waals surface area contributed by atoms with Crippen LogP contribution in [-0.4, -0.2) is 14.8 Å². The van der Waals surface area contributed by atoms with Crippen molar-refractivity contribution in [2.24, 2.45) is 0 Å². The maximum atomic E-state index is 5.99. The minimum Gasteiger partial charge on any atom is -0.423 e. The second-order valence-electron chi connectivity index (χ2n) is 3.01. The fourth-order valence-corrected chi connectivity index (χ4v) is 1.85. The first-order chi connectivity index (χ1) is 7.70. The van der Waals surface area contributed by atoms with Gasteiger partial charge in [0.1, 0.15) is 5.75 Å². The summed E-state index contributed by atoms with van der Waals surface area (Å²) in [6.07, 6.45) is 0. The van der Waals surface area contributed by atoms with E-state index in [4.69, 9.17) is 16.3 Å². The van der Waals surface area contributed by atoms with Gasteiger partial charge in [0.15, 0.2) is 0 Å². The van der Waals surface area contributed by atoms with Crippen molar-refractivity contribution >= 4 is 34.2 Å². The molecule has 2 rings (SSSR count). The fraction of sp³-hybridized carbons (Fsp3) is 0.200. The summed E-state index contributed by atoms with van der Waals surface area (Å²) in [5, 5.41) is 4.74. The van der Waals surface area contributed by atoms with Gasteiger partial charge in [-0.05, 0) is 19.1 Å². The fourth-order valence-electron chi connectivity index (χ4n) is 1.21. The number of hydrogen-bond donors (Lipinski definition) is 0. The maximum absolute atomic E-state index is 5.99. The number of halogens is 2. The highest BCUT2D eigenvalue weighted by Crippen LogP contribution is 2.27. The second kappa shape index (κ2) is 5.01. The number of aryl methyl sites for hydroxylation is 1. The van der Waals surface area contributed by atoms with Gasteiger partial charge >= 0.3 is 6.01 Å². The Morgan fingerprint density at radius 3 is 2.88 bits per heavy atom. The SMILES string of the molecule is CCn1nc(I)nc1Oc1ccccc1Cl. The van der Waals surface area contributed by atoms with E-state index in [-0.39, 0.29) is 0 Å². The number of nitrogens with zero attached hydrogens (tertiary/aromatic N) is 3. The van der Waals surface area contributed by atoms with Crippen LogP contribution < -0.4 is 4.74 Å². The highest BCUT2D eigenvalue weighted by Gasteiger charge is 2.10. The predicted molar refractivity (Wildman–Crippen MR) is 69.9 cm³/mol. The molecule has 2 aromatic rings. The van der Waals surface area contributed by atoms with Gasteiger partial charge in [-0.1, -0.05) is 23.7 Å². The molecule has 0 aliphatic heterocycles. The van der Waals surface area contributed by atoms with Crippen LogP contribution in [0.25, 0.3) is 0 Å². The molecule has 0 N–H and O–H groups in total. The van der Waals surface area contributed by atoms with Crippen LogP contribution in [0.2, 0.25) is 5.02 Å². The normalized spacial score (nSPS) is 10.4. The molecular formula is C10H9ClIN3O. The van der Waals surface area contributed by atoms with Gasteiger partial charge in [-0.15, -0.1) is 5.10 Å². The van der Waals surface area contributed by atoms with E-state index in [9.17, 15) is 0 Å². The largest absolute Gasteiger partial charge is 0.423 e. The molecule has 1 aromatic carbocycles. The van der Waals surface area contributed by atoms with E-state index in [1.54, 1.807) is 16.8 Å². The molecule has 0 atom stereocenters. The third-order valence-corrected chi connectivity index (χ3v) is 2.72. The number of rotatable bonds is 3. The van der Waals surface area contributed by atoms with E-state index in [1.807, 2.05) is 41.6 Å². The number of benzene rings is 1. The van der Waals surface area contributed by atoms with Gasteiger partial charge in [-0.2, -0.15) is 4.98 Å². The minimum absolute atomic E-state index is 0.458. The lowest BCUT2D eigenvalue weighted by atomic mass is 10.3. The van der Waals surface area contributed by atoms with Crippen LogP contribution in [0, 0.1) is 3.83 Å². The van der Waals surface area contributed by atoms with Crippen molar-refractivity contribution in [3.63, 3.8) is 0 Å². The monoisotopic (exact) mass is 349 g/mol. The van der Waals surface area contributed by atoms with Crippen LogP contribution in [0.3, 0.4) is 0 Å². The molecule has 0 fully saturated rings. The van der Waals surface area contributed by atoms with E-state index < -0.39 is 0 Å². The van der Waals surface area contributed by atoms with Crippen molar-refractivity contribution in [1.29, 1.82) is 0 Å². The molecule has 0 unspecified atom stereocenters. The summed E-state index contributed by atoms with van der Waals surface area (Å²) < 4.78 is 7.94. The van der Waals surface area contributed by atoms with Crippen LogP contribution in [-0.2, 0) is 6.54 Å². The smallest absolute Gasteiger partial charge is 0.321 e. The Morgan fingerprint density at radius 2 is 2.19 bits per heavy atom. The predicted octanol–water partition coefficient (Wildman–Crippen LogP) is 3.35. The van der Waals surface area contributed by atoms with E-state index >= 15 is 0 Å². The molecule has 0 amide bonds. The summed E-state index contributed by atoms with van der Waals surface area (Å²) in [6.45, 7) is 2.68. The molecule has 0 saturated heterocycles. The Kier molecular flexibility index (Phi) is 3.65. The molecule has 1 heterocycles. The maximum Gasteiger partial charge on any atom is 0.321 e. The first-order valence-electron chi connectivity index (χ1n) is 4.73. The summed E-state index contributed by atoms with van der Waals surface area (Å²) >= 11 is 8.04. The van der Waals surface area contributed by atoms with Gasteiger partial charge < -0.3 is 4.74 Å².